The minimum Gasteiger partial charge on any atom is -0.352 e. The van der Waals surface area contributed by atoms with Gasteiger partial charge in [0.2, 0.25) is 5.91 Å². The zero-order valence-corrected chi connectivity index (χ0v) is 14.7. The highest BCUT2D eigenvalue weighted by Crippen LogP contribution is 2.24. The average molecular weight is 348 g/mol. The fourth-order valence-corrected chi connectivity index (χ4v) is 2.87. The molecule has 3 N–H and O–H groups in total. The molecule has 136 valence electrons. The molecular weight excluding hydrogens is 324 g/mol. The molecule has 8 nitrogen and oxygen atoms in total. The molecule has 0 radical (unpaired) electrons. The number of aryl methyl sites for hydroxylation is 1. The number of nitro benzene ring substituents is 1. The van der Waals surface area contributed by atoms with Gasteiger partial charge in [0.25, 0.3) is 11.6 Å². The predicted molar refractivity (Wildman–Crippen MR) is 93.2 cm³/mol. The highest BCUT2D eigenvalue weighted by Gasteiger charge is 2.35. The van der Waals surface area contributed by atoms with Crippen LogP contribution in [0.4, 0.5) is 5.69 Å². The van der Waals surface area contributed by atoms with E-state index in [0.717, 1.165) is 6.42 Å². The molecule has 1 aliphatic heterocycles. The first-order valence-electron chi connectivity index (χ1n) is 8.23. The summed E-state index contributed by atoms with van der Waals surface area (Å²) in [5, 5.41) is 13.7. The third-order valence-electron chi connectivity index (χ3n) is 4.17. The maximum atomic E-state index is 12.7. The summed E-state index contributed by atoms with van der Waals surface area (Å²) in [6.07, 6.45) is 1.33. The van der Waals surface area contributed by atoms with Gasteiger partial charge in [-0.2, -0.15) is 0 Å². The summed E-state index contributed by atoms with van der Waals surface area (Å²) in [6, 6.07) is 3.72. The number of amides is 2. The van der Waals surface area contributed by atoms with Crippen LogP contribution < -0.4 is 11.1 Å². The van der Waals surface area contributed by atoms with E-state index in [1.807, 2.05) is 13.8 Å². The Balaban J connectivity index is 2.13. The number of carbonyl (C=O) groups is 2. The number of nitrogens with zero attached hydrogens (tertiary/aromatic N) is 2. The summed E-state index contributed by atoms with van der Waals surface area (Å²) >= 11 is 0. The number of likely N-dealkylation sites (tertiary alicyclic amines) is 1. The molecule has 1 atom stereocenters. The normalized spacial score (nSPS) is 17.4. The minimum atomic E-state index is -0.537. The molecular formula is C17H24N4O4. The largest absolute Gasteiger partial charge is 0.352 e. The van der Waals surface area contributed by atoms with E-state index < -0.39 is 16.5 Å². The van der Waals surface area contributed by atoms with E-state index in [1.54, 1.807) is 6.92 Å². The van der Waals surface area contributed by atoms with Crippen LogP contribution >= 0.6 is 0 Å². The molecule has 0 bridgehead atoms. The maximum Gasteiger partial charge on any atom is 0.272 e. The summed E-state index contributed by atoms with van der Waals surface area (Å²) in [5.41, 5.74) is 6.08. The highest BCUT2D eigenvalue weighted by atomic mass is 16.6. The summed E-state index contributed by atoms with van der Waals surface area (Å²) in [6.45, 7) is 6.02. The number of nitro groups is 1. The monoisotopic (exact) mass is 348 g/mol. The van der Waals surface area contributed by atoms with Gasteiger partial charge >= 0.3 is 0 Å². The first-order valence-corrected chi connectivity index (χ1v) is 8.23. The van der Waals surface area contributed by atoms with E-state index in [4.69, 9.17) is 5.73 Å². The molecule has 2 rings (SSSR count). The summed E-state index contributed by atoms with van der Waals surface area (Å²) in [5.74, 6) is -0.509. The Bertz CT molecular complexity index is 696. The van der Waals surface area contributed by atoms with E-state index in [-0.39, 0.29) is 17.5 Å². The smallest absolute Gasteiger partial charge is 0.272 e. The van der Waals surface area contributed by atoms with Crippen molar-refractivity contribution in [2.24, 2.45) is 5.73 Å². The van der Waals surface area contributed by atoms with Crippen molar-refractivity contribution in [3.8, 4) is 0 Å². The number of carbonyl (C=O) groups excluding carboxylic acids is 2. The summed E-state index contributed by atoms with van der Waals surface area (Å²) < 4.78 is 0. The third kappa shape index (κ3) is 4.54. The lowest BCUT2D eigenvalue weighted by Gasteiger charge is -2.26. The second kappa shape index (κ2) is 7.18. The molecule has 1 heterocycles. The van der Waals surface area contributed by atoms with Gasteiger partial charge in [0.15, 0.2) is 0 Å². The fraction of sp³-hybridized carbons (Fsp3) is 0.529. The predicted octanol–water partition coefficient (Wildman–Crippen LogP) is 1.36. The fourth-order valence-electron chi connectivity index (χ4n) is 2.87. The Kier molecular flexibility index (Phi) is 5.42. The van der Waals surface area contributed by atoms with E-state index in [2.05, 4.69) is 5.32 Å². The Hall–Kier alpha value is -2.48. The van der Waals surface area contributed by atoms with Gasteiger partial charge in [0, 0.05) is 35.8 Å². The zero-order valence-electron chi connectivity index (χ0n) is 14.7. The quantitative estimate of drug-likeness (QED) is 0.615. The van der Waals surface area contributed by atoms with Crippen molar-refractivity contribution < 1.29 is 14.5 Å². The summed E-state index contributed by atoms with van der Waals surface area (Å²) in [7, 11) is 0. The van der Waals surface area contributed by atoms with Crippen LogP contribution in [0.25, 0.3) is 0 Å². The van der Waals surface area contributed by atoms with Crippen molar-refractivity contribution >= 4 is 17.5 Å². The van der Waals surface area contributed by atoms with Gasteiger partial charge < -0.3 is 16.0 Å². The van der Waals surface area contributed by atoms with Gasteiger partial charge in [-0.3, -0.25) is 19.7 Å². The molecule has 8 heteroatoms. The van der Waals surface area contributed by atoms with E-state index in [1.165, 1.54) is 23.1 Å². The van der Waals surface area contributed by atoms with Crippen molar-refractivity contribution in [3.05, 3.63) is 39.4 Å². The van der Waals surface area contributed by atoms with Crippen LogP contribution in [0.2, 0.25) is 0 Å². The zero-order chi connectivity index (χ0) is 18.8. The first-order chi connectivity index (χ1) is 11.6. The molecule has 25 heavy (non-hydrogen) atoms. The van der Waals surface area contributed by atoms with Crippen LogP contribution in [-0.4, -0.2) is 46.3 Å². The second-order valence-corrected chi connectivity index (χ2v) is 7.12. The molecule has 0 spiro atoms. The van der Waals surface area contributed by atoms with E-state index >= 15 is 0 Å². The lowest BCUT2D eigenvalue weighted by Crippen LogP contribution is -2.51. The van der Waals surface area contributed by atoms with Gasteiger partial charge in [-0.1, -0.05) is 0 Å². The third-order valence-corrected chi connectivity index (χ3v) is 4.17. The Morgan fingerprint density at radius 2 is 2.12 bits per heavy atom. The minimum absolute atomic E-state index is 0.0301. The van der Waals surface area contributed by atoms with Crippen LogP contribution in [0.5, 0.6) is 0 Å². The Morgan fingerprint density at radius 3 is 2.68 bits per heavy atom. The molecule has 1 aromatic carbocycles. The number of benzene rings is 1. The first kappa shape index (κ1) is 18.9. The number of nitrogens with two attached hydrogens (primary N) is 1. The molecule has 1 unspecified atom stereocenters. The maximum absolute atomic E-state index is 12.7. The van der Waals surface area contributed by atoms with Crippen molar-refractivity contribution in [2.75, 3.05) is 13.1 Å². The number of hydrogen-bond acceptors (Lipinski definition) is 5. The van der Waals surface area contributed by atoms with Gasteiger partial charge in [0.1, 0.15) is 6.04 Å². The lowest BCUT2D eigenvalue weighted by molar-refractivity contribution is -0.385. The molecule has 1 aromatic rings. The standard InChI is InChI=1S/C17H24N4O4/c1-11-9-12(6-7-13(11)21(24)25)16(23)20-8-4-5-14(20)15(22)19-10-17(2,3)18/h6-7,9,14H,4-5,8,10,18H2,1-3H3,(H,19,22). The number of hydrogen-bond donors (Lipinski definition) is 2. The molecule has 0 aromatic heterocycles. The van der Waals surface area contributed by atoms with E-state index in [0.29, 0.717) is 30.6 Å². The van der Waals surface area contributed by atoms with Crippen LogP contribution in [0.15, 0.2) is 18.2 Å². The SMILES string of the molecule is Cc1cc(C(=O)N2CCCC2C(=O)NCC(C)(C)N)ccc1[N+](=O)[O-]. The average Bonchev–Trinajstić information content (AvgIpc) is 3.00. The molecule has 1 saturated heterocycles. The second-order valence-electron chi connectivity index (χ2n) is 7.12. The molecule has 0 saturated carbocycles. The van der Waals surface area contributed by atoms with Crippen LogP contribution in [0.3, 0.4) is 0 Å². The van der Waals surface area contributed by atoms with E-state index in [9.17, 15) is 19.7 Å². The van der Waals surface area contributed by atoms with Crippen LogP contribution in [0, 0.1) is 17.0 Å². The van der Waals surface area contributed by atoms with Gasteiger partial charge in [-0.15, -0.1) is 0 Å². The number of nitrogens with one attached hydrogen (secondary N) is 1. The van der Waals surface area contributed by atoms with Crippen molar-refractivity contribution in [1.29, 1.82) is 0 Å². The Morgan fingerprint density at radius 1 is 1.44 bits per heavy atom. The molecule has 2 amide bonds. The number of rotatable bonds is 5. The molecule has 1 fully saturated rings. The summed E-state index contributed by atoms with van der Waals surface area (Å²) in [4.78, 5) is 37.1. The van der Waals surface area contributed by atoms with Crippen LogP contribution in [0.1, 0.15) is 42.6 Å². The molecule has 0 aliphatic carbocycles. The highest BCUT2D eigenvalue weighted by molar-refractivity contribution is 5.98. The van der Waals surface area contributed by atoms with Crippen molar-refractivity contribution in [2.45, 2.75) is 45.2 Å². The molecule has 1 aliphatic rings. The van der Waals surface area contributed by atoms with Crippen molar-refractivity contribution in [3.63, 3.8) is 0 Å². The van der Waals surface area contributed by atoms with Gasteiger partial charge in [-0.25, -0.2) is 0 Å². The topological polar surface area (TPSA) is 119 Å². The lowest BCUT2D eigenvalue weighted by atomic mass is 10.1. The van der Waals surface area contributed by atoms with Gasteiger partial charge in [0.05, 0.1) is 4.92 Å². The van der Waals surface area contributed by atoms with Crippen molar-refractivity contribution in [1.82, 2.24) is 10.2 Å². The Labute approximate surface area is 146 Å². The van der Waals surface area contributed by atoms with Crippen LogP contribution in [-0.2, 0) is 4.79 Å². The van der Waals surface area contributed by atoms with Gasteiger partial charge in [-0.05, 0) is 45.7 Å².